The number of rotatable bonds is 8. The lowest BCUT2D eigenvalue weighted by Gasteiger charge is -2.35. The number of aromatic nitrogens is 3. The van der Waals surface area contributed by atoms with E-state index in [9.17, 15) is 9.59 Å². The van der Waals surface area contributed by atoms with Crippen LogP contribution in [0, 0.1) is 0 Å². The third-order valence-corrected chi connectivity index (χ3v) is 6.02. The van der Waals surface area contributed by atoms with Gasteiger partial charge in [-0.1, -0.05) is 54.6 Å². The van der Waals surface area contributed by atoms with Gasteiger partial charge in [-0.2, -0.15) is 0 Å². The van der Waals surface area contributed by atoms with Crippen LogP contribution in [0.15, 0.2) is 72.8 Å². The largest absolute Gasteiger partial charge is 0.497 e. The lowest BCUT2D eigenvalue weighted by Crippen LogP contribution is -2.50. The van der Waals surface area contributed by atoms with Gasteiger partial charge in [0.2, 0.25) is 11.8 Å². The quantitative estimate of drug-likeness (QED) is 0.380. The maximum atomic E-state index is 14.2. The summed E-state index contributed by atoms with van der Waals surface area (Å²) in [6.07, 6.45) is 0.692. The Morgan fingerprint density at radius 3 is 2.49 bits per heavy atom. The third kappa shape index (κ3) is 5.80. The number of hydrogen-bond acceptors (Lipinski definition) is 5. The van der Waals surface area contributed by atoms with Crippen LogP contribution in [0.3, 0.4) is 0 Å². The second kappa shape index (κ2) is 10.8. The maximum Gasteiger partial charge on any atom is 0.249 e. The van der Waals surface area contributed by atoms with Crippen LogP contribution in [0.2, 0.25) is 0 Å². The molecular formula is C29H33N5O3. The van der Waals surface area contributed by atoms with Gasteiger partial charge in [-0.25, -0.2) is 4.68 Å². The molecule has 1 aromatic heterocycles. The molecule has 8 nitrogen and oxygen atoms in total. The minimum absolute atomic E-state index is 0.0815. The highest BCUT2D eigenvalue weighted by atomic mass is 16.5. The molecule has 1 N–H and O–H groups in total. The van der Waals surface area contributed by atoms with Gasteiger partial charge >= 0.3 is 0 Å². The molecule has 4 rings (SSSR count). The Morgan fingerprint density at radius 1 is 1.03 bits per heavy atom. The summed E-state index contributed by atoms with van der Waals surface area (Å²) < 4.78 is 7.03. The fraction of sp³-hybridized carbons (Fsp3) is 0.310. The number of nitrogens with one attached hydrogen (secondary N) is 1. The molecule has 1 unspecified atom stereocenters. The average Bonchev–Trinajstić information content (AvgIpc) is 3.28. The van der Waals surface area contributed by atoms with Crippen LogP contribution in [0.25, 0.3) is 11.0 Å². The summed E-state index contributed by atoms with van der Waals surface area (Å²) in [5.41, 5.74) is 3.22. The highest BCUT2D eigenvalue weighted by molar-refractivity contribution is 6.02. The van der Waals surface area contributed by atoms with Crippen LogP contribution in [-0.4, -0.2) is 39.5 Å². The summed E-state index contributed by atoms with van der Waals surface area (Å²) >= 11 is 0. The Balaban J connectivity index is 1.87. The van der Waals surface area contributed by atoms with Crippen LogP contribution in [-0.2, 0) is 22.6 Å². The minimum atomic E-state index is -0.940. The van der Waals surface area contributed by atoms with E-state index in [-0.39, 0.29) is 18.4 Å². The number of ether oxygens (including phenoxy) is 1. The van der Waals surface area contributed by atoms with Crippen LogP contribution in [0.1, 0.15) is 44.9 Å². The molecule has 8 heteroatoms. The van der Waals surface area contributed by atoms with Crippen LogP contribution in [0.4, 0.5) is 5.69 Å². The second-order valence-corrected chi connectivity index (χ2v) is 9.90. The molecule has 0 aliphatic carbocycles. The zero-order chi connectivity index (χ0) is 26.6. The molecule has 0 radical (unpaired) electrons. The first-order chi connectivity index (χ1) is 17.7. The van der Waals surface area contributed by atoms with E-state index in [2.05, 4.69) is 15.6 Å². The van der Waals surface area contributed by atoms with E-state index in [1.54, 1.807) is 22.8 Å². The van der Waals surface area contributed by atoms with Crippen molar-refractivity contribution in [1.29, 1.82) is 0 Å². The summed E-state index contributed by atoms with van der Waals surface area (Å²) in [5, 5.41) is 11.5. The first-order valence-electron chi connectivity index (χ1n) is 12.4. The van der Waals surface area contributed by atoms with Gasteiger partial charge < -0.3 is 10.1 Å². The van der Waals surface area contributed by atoms with E-state index in [1.165, 1.54) is 0 Å². The van der Waals surface area contributed by atoms with Crippen molar-refractivity contribution in [3.05, 3.63) is 83.9 Å². The minimum Gasteiger partial charge on any atom is -0.497 e. The van der Waals surface area contributed by atoms with E-state index in [1.807, 2.05) is 94.4 Å². The first-order valence-corrected chi connectivity index (χ1v) is 12.4. The Kier molecular flexibility index (Phi) is 7.57. The summed E-state index contributed by atoms with van der Waals surface area (Å²) in [4.78, 5) is 29.7. The summed E-state index contributed by atoms with van der Waals surface area (Å²) in [6.45, 7) is 7.70. The number of benzene rings is 3. The molecule has 3 aromatic carbocycles. The summed E-state index contributed by atoms with van der Waals surface area (Å²) in [6, 6.07) is 21.5. The number of amides is 2. The fourth-order valence-corrected chi connectivity index (χ4v) is 4.37. The molecule has 2 amide bonds. The predicted octanol–water partition coefficient (Wildman–Crippen LogP) is 4.69. The predicted molar refractivity (Wildman–Crippen MR) is 144 cm³/mol. The Hall–Kier alpha value is -4.20. The number of methoxy groups -OCH3 is 1. The van der Waals surface area contributed by atoms with Crippen LogP contribution in [0.5, 0.6) is 5.75 Å². The van der Waals surface area contributed by atoms with Gasteiger partial charge in [0.1, 0.15) is 23.9 Å². The molecule has 1 atom stereocenters. The van der Waals surface area contributed by atoms with Crippen molar-refractivity contribution in [3.8, 4) is 5.75 Å². The zero-order valence-electron chi connectivity index (χ0n) is 21.9. The third-order valence-electron chi connectivity index (χ3n) is 6.02. The van der Waals surface area contributed by atoms with Gasteiger partial charge in [-0.3, -0.25) is 14.5 Å². The topological polar surface area (TPSA) is 89.4 Å². The molecule has 192 valence electrons. The zero-order valence-corrected chi connectivity index (χ0v) is 21.9. The van der Waals surface area contributed by atoms with E-state index < -0.39 is 11.6 Å². The van der Waals surface area contributed by atoms with Crippen molar-refractivity contribution in [1.82, 2.24) is 20.3 Å². The van der Waals surface area contributed by atoms with Crippen molar-refractivity contribution in [2.45, 2.75) is 52.2 Å². The molecule has 0 fully saturated rings. The number of carbonyl (C=O) groups excluding carboxylic acids is 2. The molecule has 0 aliphatic heterocycles. The van der Waals surface area contributed by atoms with E-state index >= 15 is 0 Å². The van der Waals surface area contributed by atoms with E-state index in [4.69, 9.17) is 4.74 Å². The molecule has 0 spiro atoms. The van der Waals surface area contributed by atoms with Crippen molar-refractivity contribution < 1.29 is 14.3 Å². The van der Waals surface area contributed by atoms with Gasteiger partial charge in [-0.05, 0) is 68.7 Å². The monoisotopic (exact) mass is 499 g/mol. The van der Waals surface area contributed by atoms with Crippen LogP contribution < -0.4 is 15.0 Å². The molecule has 1 heterocycles. The second-order valence-electron chi connectivity index (χ2n) is 9.90. The molecule has 0 bridgehead atoms. The van der Waals surface area contributed by atoms with E-state index in [0.717, 1.165) is 11.1 Å². The normalized spacial score (nSPS) is 12.2. The number of hydrogen-bond donors (Lipinski definition) is 1. The Labute approximate surface area is 217 Å². The van der Waals surface area contributed by atoms with Gasteiger partial charge in [0.05, 0.1) is 12.6 Å². The maximum absolute atomic E-state index is 14.2. The number of para-hydroxylation sites is 2. The molecule has 37 heavy (non-hydrogen) atoms. The van der Waals surface area contributed by atoms with Gasteiger partial charge in [0, 0.05) is 11.2 Å². The molecule has 0 aliphatic rings. The molecule has 4 aromatic rings. The Bertz CT molecular complexity index is 1410. The van der Waals surface area contributed by atoms with Gasteiger partial charge in [-0.15, -0.1) is 5.10 Å². The van der Waals surface area contributed by atoms with Gasteiger partial charge in [0.15, 0.2) is 0 Å². The standard InChI is InChI=1S/C29H33N5O3/c1-6-20-12-7-9-16-24(20)34(26(35)19-33-25-17-10-8-15-23(25)31-32-33)27(28(36)30-29(2,3)4)21-13-11-14-22(18-21)37-5/h7-18,27H,6,19H2,1-5H3,(H,30,36). The van der Waals surface area contributed by atoms with Crippen molar-refractivity contribution in [3.63, 3.8) is 0 Å². The van der Waals surface area contributed by atoms with Crippen molar-refractivity contribution in [2.24, 2.45) is 0 Å². The van der Waals surface area contributed by atoms with Crippen molar-refractivity contribution >= 4 is 28.5 Å². The van der Waals surface area contributed by atoms with Gasteiger partial charge in [0.25, 0.3) is 0 Å². The Morgan fingerprint density at radius 2 is 1.76 bits per heavy atom. The van der Waals surface area contributed by atoms with Crippen LogP contribution >= 0.6 is 0 Å². The van der Waals surface area contributed by atoms with Crippen molar-refractivity contribution in [2.75, 3.05) is 12.0 Å². The SMILES string of the molecule is CCc1ccccc1N(C(=O)Cn1nnc2ccccc21)C(C(=O)NC(C)(C)C)c1cccc(OC)c1. The summed E-state index contributed by atoms with van der Waals surface area (Å²) in [7, 11) is 1.58. The molecule has 0 saturated carbocycles. The first kappa shape index (κ1) is 25.9. The number of nitrogens with zero attached hydrogens (tertiary/aromatic N) is 4. The number of fused-ring (bicyclic) bond motifs is 1. The fourth-order valence-electron chi connectivity index (χ4n) is 4.37. The number of anilines is 1. The number of carbonyl (C=O) groups is 2. The highest BCUT2D eigenvalue weighted by Crippen LogP contribution is 2.33. The highest BCUT2D eigenvalue weighted by Gasteiger charge is 2.35. The average molecular weight is 500 g/mol. The number of aryl methyl sites for hydroxylation is 1. The lowest BCUT2D eigenvalue weighted by atomic mass is 9.99. The molecular weight excluding hydrogens is 466 g/mol. The summed E-state index contributed by atoms with van der Waals surface area (Å²) in [5.74, 6) is 0.0291. The van der Waals surface area contributed by atoms with E-state index in [0.29, 0.717) is 28.9 Å². The molecule has 0 saturated heterocycles. The smallest absolute Gasteiger partial charge is 0.249 e. The lowest BCUT2D eigenvalue weighted by molar-refractivity contribution is -0.128.